The largest absolute Gasteiger partial charge is 0.480 e. The number of carboxylic acids is 1. The first-order valence-corrected chi connectivity index (χ1v) is 6.53. The zero-order chi connectivity index (χ0) is 15.5. The van der Waals surface area contributed by atoms with Gasteiger partial charge in [0, 0.05) is 6.07 Å². The molecular formula is C14H16N2O5. The Morgan fingerprint density at radius 2 is 2.19 bits per heavy atom. The summed E-state index contributed by atoms with van der Waals surface area (Å²) in [5.74, 6) is -0.948. The van der Waals surface area contributed by atoms with Gasteiger partial charge in [-0.1, -0.05) is 18.5 Å². The molecular weight excluding hydrogens is 276 g/mol. The second-order valence-electron chi connectivity index (χ2n) is 4.90. The van der Waals surface area contributed by atoms with Crippen LogP contribution in [0.1, 0.15) is 37.2 Å². The summed E-state index contributed by atoms with van der Waals surface area (Å²) in [5, 5.41) is 15.4. The minimum absolute atomic E-state index is 0.00461. The van der Waals surface area contributed by atoms with E-state index in [0.717, 1.165) is 0 Å². The van der Waals surface area contributed by atoms with E-state index >= 15 is 0 Å². The molecule has 112 valence electrons. The molecule has 0 radical (unpaired) electrons. The fraction of sp³-hybridized carbons (Fsp3) is 0.357. The summed E-state index contributed by atoms with van der Waals surface area (Å²) in [6.45, 7) is 3.31. The van der Waals surface area contributed by atoms with Gasteiger partial charge in [-0.15, -0.1) is 0 Å². The molecule has 0 bridgehead atoms. The molecule has 1 unspecified atom stereocenters. The van der Waals surface area contributed by atoms with Crippen molar-refractivity contribution in [3.63, 3.8) is 0 Å². The molecule has 2 N–H and O–H groups in total. The molecule has 2 aromatic rings. The van der Waals surface area contributed by atoms with Gasteiger partial charge in [-0.2, -0.15) is 0 Å². The molecule has 21 heavy (non-hydrogen) atoms. The van der Waals surface area contributed by atoms with E-state index < -0.39 is 17.4 Å². The Hall–Kier alpha value is -2.57. The Morgan fingerprint density at radius 1 is 1.43 bits per heavy atom. The summed E-state index contributed by atoms with van der Waals surface area (Å²) in [7, 11) is 0. The van der Waals surface area contributed by atoms with Crippen LogP contribution in [0.15, 0.2) is 33.4 Å². The van der Waals surface area contributed by atoms with Gasteiger partial charge >= 0.3 is 5.97 Å². The number of nitrogens with one attached hydrogen (secondary N) is 1. The number of rotatable bonds is 6. The Labute approximate surface area is 120 Å². The van der Waals surface area contributed by atoms with Gasteiger partial charge in [-0.3, -0.25) is 4.79 Å². The lowest BCUT2D eigenvalue weighted by atomic mass is 9.96. The lowest BCUT2D eigenvalue weighted by Crippen LogP contribution is -2.52. The van der Waals surface area contributed by atoms with Crippen molar-refractivity contribution in [1.29, 1.82) is 0 Å². The zero-order valence-corrected chi connectivity index (χ0v) is 11.8. The molecule has 0 aliphatic heterocycles. The number of nitrogens with zero attached hydrogens (tertiary/aromatic N) is 1. The van der Waals surface area contributed by atoms with Gasteiger partial charge in [-0.25, -0.2) is 4.79 Å². The van der Waals surface area contributed by atoms with Crippen LogP contribution in [0.4, 0.5) is 0 Å². The monoisotopic (exact) mass is 292 g/mol. The highest BCUT2D eigenvalue weighted by atomic mass is 16.5. The van der Waals surface area contributed by atoms with Crippen molar-refractivity contribution >= 4 is 11.9 Å². The first kappa shape index (κ1) is 14.8. The molecule has 1 atom stereocenters. The quantitative estimate of drug-likeness (QED) is 0.846. The minimum atomic E-state index is -1.34. The third-order valence-electron chi connectivity index (χ3n) is 3.12. The van der Waals surface area contributed by atoms with Crippen LogP contribution in [-0.2, 0) is 4.79 Å². The molecule has 2 aromatic heterocycles. The summed E-state index contributed by atoms with van der Waals surface area (Å²) in [6, 6.07) is 4.75. The summed E-state index contributed by atoms with van der Waals surface area (Å²) in [5.41, 5.74) is -1.33. The maximum absolute atomic E-state index is 12.1. The van der Waals surface area contributed by atoms with E-state index in [1.807, 2.05) is 6.92 Å². The second-order valence-corrected chi connectivity index (χ2v) is 4.90. The van der Waals surface area contributed by atoms with Crippen molar-refractivity contribution in [1.82, 2.24) is 10.5 Å². The summed E-state index contributed by atoms with van der Waals surface area (Å²) < 4.78 is 10.1. The van der Waals surface area contributed by atoms with Gasteiger partial charge < -0.3 is 19.4 Å². The number of furan rings is 1. The minimum Gasteiger partial charge on any atom is -0.480 e. The SMILES string of the molecule is CCCC(C)(NC(=O)c1cc(-c2ccco2)on1)C(=O)O. The van der Waals surface area contributed by atoms with Gasteiger partial charge in [0.1, 0.15) is 5.54 Å². The number of hydrogen-bond acceptors (Lipinski definition) is 5. The molecule has 0 saturated carbocycles. The number of hydrogen-bond donors (Lipinski definition) is 2. The standard InChI is InChI=1S/C14H16N2O5/c1-3-6-14(2,13(18)19)15-12(17)9-8-11(21-16-9)10-5-4-7-20-10/h4-5,7-8H,3,6H2,1-2H3,(H,15,17)(H,18,19). The molecule has 7 heteroatoms. The lowest BCUT2D eigenvalue weighted by molar-refractivity contribution is -0.144. The first-order chi connectivity index (χ1) is 9.96. The second kappa shape index (κ2) is 5.82. The Bertz CT molecular complexity index is 632. The van der Waals surface area contributed by atoms with Crippen LogP contribution >= 0.6 is 0 Å². The zero-order valence-electron chi connectivity index (χ0n) is 11.8. The number of carbonyl (C=O) groups excluding carboxylic acids is 1. The van der Waals surface area contributed by atoms with Gasteiger partial charge in [-0.05, 0) is 25.5 Å². The van der Waals surface area contributed by atoms with E-state index in [9.17, 15) is 14.7 Å². The molecule has 0 spiro atoms. The molecule has 0 aliphatic carbocycles. The number of aromatic nitrogens is 1. The predicted molar refractivity (Wildman–Crippen MR) is 72.6 cm³/mol. The summed E-state index contributed by atoms with van der Waals surface area (Å²) >= 11 is 0. The molecule has 0 aliphatic rings. The molecule has 2 heterocycles. The fourth-order valence-electron chi connectivity index (χ4n) is 1.95. The molecule has 7 nitrogen and oxygen atoms in total. The van der Waals surface area contributed by atoms with Crippen molar-refractivity contribution in [2.75, 3.05) is 0 Å². The van der Waals surface area contributed by atoms with Crippen LogP contribution in [0.2, 0.25) is 0 Å². The molecule has 1 amide bonds. The normalized spacial score (nSPS) is 13.6. The topological polar surface area (TPSA) is 106 Å². The molecule has 0 aromatic carbocycles. The Morgan fingerprint density at radius 3 is 2.76 bits per heavy atom. The van der Waals surface area contributed by atoms with E-state index in [1.165, 1.54) is 19.3 Å². The van der Waals surface area contributed by atoms with Crippen LogP contribution < -0.4 is 5.32 Å². The number of aliphatic carboxylic acids is 1. The first-order valence-electron chi connectivity index (χ1n) is 6.53. The maximum Gasteiger partial charge on any atom is 0.329 e. The van der Waals surface area contributed by atoms with E-state index in [4.69, 9.17) is 8.94 Å². The van der Waals surface area contributed by atoms with E-state index in [1.54, 1.807) is 12.1 Å². The highest BCUT2D eigenvalue weighted by Gasteiger charge is 2.34. The summed E-state index contributed by atoms with van der Waals surface area (Å²) in [6.07, 6.45) is 2.41. The van der Waals surface area contributed by atoms with Crippen molar-refractivity contribution in [3.8, 4) is 11.5 Å². The summed E-state index contributed by atoms with van der Waals surface area (Å²) in [4.78, 5) is 23.4. The predicted octanol–water partition coefficient (Wildman–Crippen LogP) is 2.31. The highest BCUT2D eigenvalue weighted by Crippen LogP contribution is 2.21. The number of amides is 1. The van der Waals surface area contributed by atoms with Crippen molar-refractivity contribution in [2.45, 2.75) is 32.2 Å². The third kappa shape index (κ3) is 3.13. The fourth-order valence-corrected chi connectivity index (χ4v) is 1.95. The van der Waals surface area contributed by atoms with Crippen molar-refractivity contribution in [2.24, 2.45) is 0 Å². The Kier molecular flexibility index (Phi) is 4.11. The maximum atomic E-state index is 12.1. The lowest BCUT2D eigenvalue weighted by Gasteiger charge is -2.25. The van der Waals surface area contributed by atoms with E-state index in [0.29, 0.717) is 24.4 Å². The smallest absolute Gasteiger partial charge is 0.329 e. The van der Waals surface area contributed by atoms with Gasteiger partial charge in [0.2, 0.25) is 5.76 Å². The van der Waals surface area contributed by atoms with Gasteiger partial charge in [0.25, 0.3) is 5.91 Å². The molecule has 0 fully saturated rings. The average Bonchev–Trinajstić information content (AvgIpc) is 3.09. The van der Waals surface area contributed by atoms with Crippen molar-refractivity contribution < 1.29 is 23.6 Å². The van der Waals surface area contributed by atoms with E-state index in [2.05, 4.69) is 10.5 Å². The Balaban J connectivity index is 2.15. The van der Waals surface area contributed by atoms with Crippen LogP contribution in [0.3, 0.4) is 0 Å². The molecule has 2 rings (SSSR count). The number of carboxylic acid groups (broad SMARTS) is 1. The van der Waals surface area contributed by atoms with Gasteiger partial charge in [0.15, 0.2) is 11.5 Å². The van der Waals surface area contributed by atoms with E-state index in [-0.39, 0.29) is 5.69 Å². The van der Waals surface area contributed by atoms with Crippen LogP contribution in [0.25, 0.3) is 11.5 Å². The van der Waals surface area contributed by atoms with Gasteiger partial charge in [0.05, 0.1) is 6.26 Å². The highest BCUT2D eigenvalue weighted by molar-refractivity contribution is 5.96. The molecule has 0 saturated heterocycles. The average molecular weight is 292 g/mol. The third-order valence-corrected chi connectivity index (χ3v) is 3.12. The number of carbonyl (C=O) groups is 2. The van der Waals surface area contributed by atoms with Crippen LogP contribution in [0, 0.1) is 0 Å². The van der Waals surface area contributed by atoms with Crippen molar-refractivity contribution in [3.05, 3.63) is 30.2 Å². The van der Waals surface area contributed by atoms with Crippen LogP contribution in [0.5, 0.6) is 0 Å². The van der Waals surface area contributed by atoms with Crippen LogP contribution in [-0.4, -0.2) is 27.7 Å².